The highest BCUT2D eigenvalue weighted by molar-refractivity contribution is 6.31. The third-order valence-corrected chi connectivity index (χ3v) is 4.81. The SMILES string of the molecule is COc1ccc(OC)c(C=C2C(=O)NC(=O)N(C3CCCCC3)C2=O)c1. The second-order valence-electron chi connectivity index (χ2n) is 6.39. The largest absolute Gasteiger partial charge is 0.497 e. The Kier molecular flexibility index (Phi) is 5.25. The van der Waals surface area contributed by atoms with Crippen LogP contribution in [0.4, 0.5) is 4.79 Å². The van der Waals surface area contributed by atoms with Crippen molar-refractivity contribution in [1.29, 1.82) is 0 Å². The zero-order valence-corrected chi connectivity index (χ0v) is 14.9. The predicted molar refractivity (Wildman–Crippen MR) is 94.8 cm³/mol. The highest BCUT2D eigenvalue weighted by Crippen LogP contribution is 2.29. The lowest BCUT2D eigenvalue weighted by Crippen LogP contribution is -2.58. The summed E-state index contributed by atoms with van der Waals surface area (Å²) in [6.45, 7) is 0. The lowest BCUT2D eigenvalue weighted by atomic mass is 9.93. The molecule has 1 aromatic carbocycles. The maximum atomic E-state index is 12.9. The Hall–Kier alpha value is -2.83. The summed E-state index contributed by atoms with van der Waals surface area (Å²) >= 11 is 0. The number of methoxy groups -OCH3 is 2. The van der Waals surface area contributed by atoms with Gasteiger partial charge < -0.3 is 9.47 Å². The molecule has 1 N–H and O–H groups in total. The Morgan fingerprint density at radius 1 is 1.08 bits per heavy atom. The van der Waals surface area contributed by atoms with E-state index < -0.39 is 17.8 Å². The van der Waals surface area contributed by atoms with Gasteiger partial charge in [0.15, 0.2) is 0 Å². The number of imide groups is 2. The molecule has 2 aliphatic rings. The van der Waals surface area contributed by atoms with Gasteiger partial charge in [-0.3, -0.25) is 19.8 Å². The van der Waals surface area contributed by atoms with E-state index in [1.807, 2.05) is 0 Å². The van der Waals surface area contributed by atoms with Gasteiger partial charge in [-0.15, -0.1) is 0 Å². The van der Waals surface area contributed by atoms with Gasteiger partial charge in [0.05, 0.1) is 14.2 Å². The summed E-state index contributed by atoms with van der Waals surface area (Å²) in [6.07, 6.45) is 6.02. The van der Waals surface area contributed by atoms with Gasteiger partial charge >= 0.3 is 6.03 Å². The van der Waals surface area contributed by atoms with Gasteiger partial charge in [0.1, 0.15) is 17.1 Å². The first kappa shape index (κ1) is 18.0. The minimum Gasteiger partial charge on any atom is -0.497 e. The third kappa shape index (κ3) is 3.42. The number of amides is 4. The average molecular weight is 358 g/mol. The Bertz CT molecular complexity index is 765. The number of ether oxygens (including phenoxy) is 2. The van der Waals surface area contributed by atoms with Gasteiger partial charge in [-0.25, -0.2) is 4.79 Å². The number of hydrogen-bond donors (Lipinski definition) is 1. The second kappa shape index (κ2) is 7.59. The zero-order chi connectivity index (χ0) is 18.7. The van der Waals surface area contributed by atoms with E-state index >= 15 is 0 Å². The molecule has 3 rings (SSSR count). The Balaban J connectivity index is 1.97. The van der Waals surface area contributed by atoms with E-state index in [0.29, 0.717) is 17.1 Å². The molecular weight excluding hydrogens is 336 g/mol. The van der Waals surface area contributed by atoms with Crippen LogP contribution in [0.5, 0.6) is 11.5 Å². The molecule has 0 aromatic heterocycles. The summed E-state index contributed by atoms with van der Waals surface area (Å²) in [5.41, 5.74) is 0.449. The maximum absolute atomic E-state index is 12.9. The van der Waals surface area contributed by atoms with Crippen LogP contribution in [0.25, 0.3) is 6.08 Å². The van der Waals surface area contributed by atoms with Crippen molar-refractivity contribution in [2.45, 2.75) is 38.1 Å². The highest BCUT2D eigenvalue weighted by Gasteiger charge is 2.40. The van der Waals surface area contributed by atoms with Crippen molar-refractivity contribution in [3.05, 3.63) is 29.3 Å². The molecule has 1 saturated heterocycles. The van der Waals surface area contributed by atoms with Gasteiger partial charge in [0, 0.05) is 11.6 Å². The minimum absolute atomic E-state index is 0.0817. The summed E-state index contributed by atoms with van der Waals surface area (Å²) in [5, 5.41) is 2.28. The van der Waals surface area contributed by atoms with Crippen molar-refractivity contribution in [2.24, 2.45) is 0 Å². The van der Waals surface area contributed by atoms with Crippen LogP contribution < -0.4 is 14.8 Å². The van der Waals surface area contributed by atoms with E-state index in [-0.39, 0.29) is 11.6 Å². The standard InChI is InChI=1S/C19H22N2O5/c1-25-14-8-9-16(26-2)12(10-14)11-15-17(22)20-19(24)21(18(15)23)13-6-4-3-5-7-13/h8-11,13H,3-7H2,1-2H3,(H,20,22,24). The summed E-state index contributed by atoms with van der Waals surface area (Å²) in [7, 11) is 3.03. The third-order valence-electron chi connectivity index (χ3n) is 4.81. The number of hydrogen-bond acceptors (Lipinski definition) is 5. The molecule has 7 nitrogen and oxygen atoms in total. The summed E-state index contributed by atoms with van der Waals surface area (Å²) < 4.78 is 10.5. The lowest BCUT2D eigenvalue weighted by Gasteiger charge is -2.35. The van der Waals surface area contributed by atoms with Crippen LogP contribution in [0.2, 0.25) is 0 Å². The molecule has 0 spiro atoms. The quantitative estimate of drug-likeness (QED) is 0.660. The van der Waals surface area contributed by atoms with E-state index in [1.165, 1.54) is 25.2 Å². The zero-order valence-electron chi connectivity index (χ0n) is 14.9. The van der Waals surface area contributed by atoms with E-state index in [9.17, 15) is 14.4 Å². The van der Waals surface area contributed by atoms with Crippen LogP contribution in [-0.2, 0) is 9.59 Å². The van der Waals surface area contributed by atoms with Gasteiger partial charge in [-0.05, 0) is 37.1 Å². The molecule has 1 heterocycles. The predicted octanol–water partition coefficient (Wildman–Crippen LogP) is 2.50. The van der Waals surface area contributed by atoms with E-state index in [1.54, 1.807) is 18.2 Å². The summed E-state index contributed by atoms with van der Waals surface area (Å²) in [4.78, 5) is 38.6. The van der Waals surface area contributed by atoms with E-state index in [4.69, 9.17) is 9.47 Å². The van der Waals surface area contributed by atoms with Gasteiger partial charge in [-0.1, -0.05) is 19.3 Å². The summed E-state index contributed by atoms with van der Waals surface area (Å²) in [5.74, 6) is -0.186. The molecular formula is C19H22N2O5. The van der Waals surface area contributed by atoms with Gasteiger partial charge in [0.25, 0.3) is 11.8 Å². The number of nitrogens with zero attached hydrogens (tertiary/aromatic N) is 1. The van der Waals surface area contributed by atoms with Crippen molar-refractivity contribution >= 4 is 23.9 Å². The number of nitrogens with one attached hydrogen (secondary N) is 1. The molecule has 26 heavy (non-hydrogen) atoms. The van der Waals surface area contributed by atoms with Crippen LogP contribution in [-0.4, -0.2) is 43.0 Å². The topological polar surface area (TPSA) is 84.9 Å². The number of rotatable bonds is 4. The average Bonchev–Trinajstić information content (AvgIpc) is 2.65. The van der Waals surface area contributed by atoms with Crippen LogP contribution in [0.15, 0.2) is 23.8 Å². The van der Waals surface area contributed by atoms with Gasteiger partial charge in [-0.2, -0.15) is 0 Å². The highest BCUT2D eigenvalue weighted by atomic mass is 16.5. The van der Waals surface area contributed by atoms with Crippen LogP contribution in [0.1, 0.15) is 37.7 Å². The monoisotopic (exact) mass is 358 g/mol. The summed E-state index contributed by atoms with van der Waals surface area (Å²) in [6, 6.07) is 4.29. The number of carbonyl (C=O) groups is 3. The molecule has 2 fully saturated rings. The van der Waals surface area contributed by atoms with Crippen molar-refractivity contribution in [2.75, 3.05) is 14.2 Å². The first-order chi connectivity index (χ1) is 12.5. The number of urea groups is 1. The Morgan fingerprint density at radius 3 is 2.46 bits per heavy atom. The van der Waals surface area contributed by atoms with Crippen molar-refractivity contribution < 1.29 is 23.9 Å². The number of carbonyl (C=O) groups excluding carboxylic acids is 3. The normalized spacial score (nSPS) is 20.3. The fraction of sp³-hybridized carbons (Fsp3) is 0.421. The molecule has 138 valence electrons. The molecule has 1 aromatic rings. The van der Waals surface area contributed by atoms with Crippen LogP contribution >= 0.6 is 0 Å². The fourth-order valence-corrected chi connectivity index (χ4v) is 3.45. The van der Waals surface area contributed by atoms with E-state index in [2.05, 4.69) is 5.32 Å². The lowest BCUT2D eigenvalue weighted by molar-refractivity contribution is -0.132. The molecule has 0 radical (unpaired) electrons. The first-order valence-electron chi connectivity index (χ1n) is 8.67. The second-order valence-corrected chi connectivity index (χ2v) is 6.39. The van der Waals surface area contributed by atoms with Crippen molar-refractivity contribution in [3.63, 3.8) is 0 Å². The van der Waals surface area contributed by atoms with Crippen molar-refractivity contribution in [1.82, 2.24) is 10.2 Å². The van der Waals surface area contributed by atoms with Crippen LogP contribution in [0.3, 0.4) is 0 Å². The maximum Gasteiger partial charge on any atom is 0.331 e. The molecule has 1 saturated carbocycles. The van der Waals surface area contributed by atoms with Gasteiger partial charge in [0.2, 0.25) is 0 Å². The van der Waals surface area contributed by atoms with E-state index in [0.717, 1.165) is 32.1 Å². The molecule has 0 bridgehead atoms. The fourth-order valence-electron chi connectivity index (χ4n) is 3.45. The number of barbiturate groups is 1. The van der Waals surface area contributed by atoms with Crippen molar-refractivity contribution in [3.8, 4) is 11.5 Å². The Labute approximate surface area is 151 Å². The smallest absolute Gasteiger partial charge is 0.331 e. The first-order valence-corrected chi connectivity index (χ1v) is 8.67. The minimum atomic E-state index is -0.697. The molecule has 0 atom stereocenters. The molecule has 0 unspecified atom stereocenters. The number of benzene rings is 1. The molecule has 1 aliphatic heterocycles. The molecule has 4 amide bonds. The Morgan fingerprint density at radius 2 is 1.81 bits per heavy atom. The van der Waals surface area contributed by atoms with Crippen LogP contribution in [0, 0.1) is 0 Å². The molecule has 1 aliphatic carbocycles. The molecule has 7 heteroatoms.